The van der Waals surface area contributed by atoms with Crippen molar-refractivity contribution in [3.63, 3.8) is 0 Å². The molecule has 0 bridgehead atoms. The predicted molar refractivity (Wildman–Crippen MR) is 201 cm³/mol. The molecular formula is C40H68N2O14. The van der Waals surface area contributed by atoms with Crippen molar-refractivity contribution in [2.45, 2.75) is 179 Å². The second-order valence-corrected chi connectivity index (χ2v) is 17.6. The molecule has 4 aliphatic rings. The maximum atomic E-state index is 14.5. The number of esters is 2. The Hall–Kier alpha value is -2.44. The number of hydrogen-bond donors (Lipinski definition) is 3. The van der Waals surface area contributed by atoms with Gasteiger partial charge in [0.25, 0.3) is 0 Å². The highest BCUT2D eigenvalue weighted by atomic mass is 16.7. The highest BCUT2D eigenvalue weighted by Crippen LogP contribution is 2.46. The zero-order chi connectivity index (χ0) is 42.2. The molecule has 0 aliphatic carbocycles. The summed E-state index contributed by atoms with van der Waals surface area (Å²) in [7, 11) is 5.16. The molecule has 4 heterocycles. The number of aliphatic hydroxyl groups is 2. The Kier molecular flexibility index (Phi) is 14.7. The lowest BCUT2D eigenvalue weighted by atomic mass is 9.70. The Labute approximate surface area is 331 Å². The molecule has 0 unspecified atom stereocenters. The number of amides is 1. The van der Waals surface area contributed by atoms with Crippen LogP contribution in [-0.4, -0.2) is 138 Å². The van der Waals surface area contributed by atoms with Crippen molar-refractivity contribution >= 4 is 23.8 Å². The second-order valence-electron chi connectivity index (χ2n) is 17.6. The predicted octanol–water partition coefficient (Wildman–Crippen LogP) is 3.10. The third-order valence-corrected chi connectivity index (χ3v) is 13.1. The number of ketones is 1. The summed E-state index contributed by atoms with van der Waals surface area (Å²) in [6, 6.07) is -0.366. The molecular weight excluding hydrogens is 732 g/mol. The fourth-order valence-corrected chi connectivity index (χ4v) is 9.77. The third-order valence-electron chi connectivity index (χ3n) is 13.1. The summed E-state index contributed by atoms with van der Waals surface area (Å²) in [4.78, 5) is 56.6. The first-order valence-electron chi connectivity index (χ1n) is 20.1. The van der Waals surface area contributed by atoms with Crippen LogP contribution in [0.4, 0.5) is 4.79 Å². The quantitative estimate of drug-likeness (QED) is 0.238. The Bertz CT molecular complexity index is 1420. The minimum Gasteiger partial charge on any atom is -0.458 e. The zero-order valence-corrected chi connectivity index (χ0v) is 35.5. The Morgan fingerprint density at radius 3 is 2.16 bits per heavy atom. The number of nitrogens with two attached hydrogens (primary N) is 1. The van der Waals surface area contributed by atoms with Crippen LogP contribution in [0.3, 0.4) is 0 Å². The molecule has 16 nitrogen and oxygen atoms in total. The summed E-state index contributed by atoms with van der Waals surface area (Å²) in [5.41, 5.74) is 1.67. The Morgan fingerprint density at radius 2 is 1.59 bits per heavy atom. The summed E-state index contributed by atoms with van der Waals surface area (Å²) in [6.07, 6.45) is -9.21. The molecule has 1 amide bonds. The van der Waals surface area contributed by atoms with E-state index < -0.39 is 114 Å². The first-order chi connectivity index (χ1) is 25.9. The van der Waals surface area contributed by atoms with E-state index in [4.69, 9.17) is 43.6 Å². The Morgan fingerprint density at radius 1 is 0.946 bits per heavy atom. The van der Waals surface area contributed by atoms with Gasteiger partial charge in [-0.05, 0) is 74.9 Å². The number of cyclic esters (lactones) is 1. The van der Waals surface area contributed by atoms with Crippen LogP contribution < -0.4 is 5.73 Å². The number of carbonyl (C=O) groups excluding carboxylic acids is 4. The number of Topliss-reactive ketones (excluding diaryl/α,β-unsaturated/α-hetero) is 1. The smallest absolute Gasteiger partial charge is 0.405 e. The van der Waals surface area contributed by atoms with E-state index in [0.29, 0.717) is 6.42 Å². The summed E-state index contributed by atoms with van der Waals surface area (Å²) in [5, 5.41) is 22.6. The standard InChI is InChI=1S/C40H68N2O14/c1-14-27-40(10)25(16-28(43)55-40)21(4)30(44)19(2)17-39(9,56-37(41)48)34(54-36-31(45)26(42(11)12)15-20(3)50-36)22(5)32(23(6)35(47)52-27)53-29-18-38(8,49-13)33(46)24(7)51-29/h19-27,29,31-34,36,45-46H,14-18H2,1-13H3,(H2,41,48)/t19-,20-,21-,22+,23-,24+,25-,26+,27-,29+,31-,32+,33+,34-,36+,38-,39+,40+/m1/s1. The van der Waals surface area contributed by atoms with Gasteiger partial charge in [0.2, 0.25) is 0 Å². The minimum absolute atomic E-state index is 0.0628. The highest BCUT2D eigenvalue weighted by Gasteiger charge is 2.58. The van der Waals surface area contributed by atoms with Crippen molar-refractivity contribution in [3.05, 3.63) is 0 Å². The van der Waals surface area contributed by atoms with Gasteiger partial charge in [0, 0.05) is 43.2 Å². The maximum Gasteiger partial charge on any atom is 0.405 e. The van der Waals surface area contributed by atoms with Gasteiger partial charge in [-0.3, -0.25) is 14.4 Å². The van der Waals surface area contributed by atoms with Crippen molar-refractivity contribution in [1.29, 1.82) is 0 Å². The number of rotatable bonds is 8. The second kappa shape index (κ2) is 17.8. The molecule has 4 rings (SSSR count). The first-order valence-corrected chi connectivity index (χ1v) is 20.1. The van der Waals surface area contributed by atoms with Crippen LogP contribution in [0.1, 0.15) is 101 Å². The average Bonchev–Trinajstić information content (AvgIpc) is 3.43. The van der Waals surface area contributed by atoms with E-state index in [0.717, 1.165) is 0 Å². The Balaban J connectivity index is 1.92. The van der Waals surface area contributed by atoms with E-state index in [-0.39, 0.29) is 43.6 Å². The van der Waals surface area contributed by atoms with Crippen LogP contribution in [0, 0.1) is 29.6 Å². The van der Waals surface area contributed by atoms with E-state index in [1.54, 1.807) is 55.4 Å². The van der Waals surface area contributed by atoms with Gasteiger partial charge in [-0.25, -0.2) is 4.79 Å². The summed E-state index contributed by atoms with van der Waals surface area (Å²) in [5.74, 6) is -5.56. The van der Waals surface area contributed by atoms with Gasteiger partial charge >= 0.3 is 18.0 Å². The van der Waals surface area contributed by atoms with Crippen LogP contribution in [0.2, 0.25) is 0 Å². The number of ether oxygens (including phenoxy) is 8. The van der Waals surface area contributed by atoms with E-state index in [1.807, 2.05) is 32.8 Å². The zero-order valence-electron chi connectivity index (χ0n) is 35.5. The highest BCUT2D eigenvalue weighted by molar-refractivity contribution is 5.85. The van der Waals surface area contributed by atoms with Crippen molar-refractivity contribution < 1.29 is 67.3 Å². The number of carbonyl (C=O) groups is 4. The van der Waals surface area contributed by atoms with Crippen LogP contribution in [0.25, 0.3) is 0 Å². The molecule has 0 saturated carbocycles. The minimum atomic E-state index is -1.69. The summed E-state index contributed by atoms with van der Waals surface area (Å²) >= 11 is 0. The molecule has 0 aromatic heterocycles. The van der Waals surface area contributed by atoms with E-state index in [2.05, 4.69) is 0 Å². The molecule has 56 heavy (non-hydrogen) atoms. The van der Waals surface area contributed by atoms with Gasteiger partial charge in [-0.2, -0.15) is 0 Å². The van der Waals surface area contributed by atoms with Gasteiger partial charge in [0.05, 0.1) is 36.3 Å². The van der Waals surface area contributed by atoms with Crippen molar-refractivity contribution in [2.75, 3.05) is 21.2 Å². The fourth-order valence-electron chi connectivity index (χ4n) is 9.77. The number of primary amides is 1. The molecule has 16 heteroatoms. The molecule has 4 N–H and O–H groups in total. The largest absolute Gasteiger partial charge is 0.458 e. The van der Waals surface area contributed by atoms with E-state index in [9.17, 15) is 29.4 Å². The number of fused-ring (bicyclic) bond motifs is 1. The maximum absolute atomic E-state index is 14.5. The van der Waals surface area contributed by atoms with Gasteiger partial charge in [0.15, 0.2) is 12.6 Å². The number of nitrogens with zero attached hydrogens (tertiary/aromatic N) is 1. The van der Waals surface area contributed by atoms with Crippen LogP contribution >= 0.6 is 0 Å². The molecule has 18 atom stereocenters. The number of methoxy groups -OCH3 is 1. The van der Waals surface area contributed by atoms with Gasteiger partial charge in [-0.1, -0.05) is 27.7 Å². The lowest BCUT2D eigenvalue weighted by Crippen LogP contribution is -2.61. The number of likely N-dealkylation sites (N-methyl/N-ethyl adjacent to an activating group) is 1. The molecule has 0 aromatic carbocycles. The SMILES string of the molecule is CC[C@H]1OC(=O)[C@H](C)[C@@H](O[C@H]2C[C@@](C)(OC)[C@@H](O)[C@H](C)O2)[C@H](C)[C@@H](O[C@@H]2O[C@H](C)C[C@H](N(C)C)[C@H]2O)[C@@](C)(OC(N)=O)C[C@@H](C)C(=O)[C@H](C)[C@H]2CC(=O)O[C@@]21C. The molecule has 4 saturated heterocycles. The summed E-state index contributed by atoms with van der Waals surface area (Å²) < 4.78 is 49.8. The fraction of sp³-hybridized carbons (Fsp3) is 0.900. The molecule has 4 aliphatic heterocycles. The van der Waals surface area contributed by atoms with Crippen molar-refractivity contribution in [2.24, 2.45) is 35.3 Å². The van der Waals surface area contributed by atoms with Gasteiger partial charge in [0.1, 0.15) is 41.4 Å². The van der Waals surface area contributed by atoms with Crippen molar-refractivity contribution in [1.82, 2.24) is 4.90 Å². The average molecular weight is 801 g/mol. The monoisotopic (exact) mass is 800 g/mol. The topological polar surface area (TPSA) is 212 Å². The molecule has 0 radical (unpaired) electrons. The van der Waals surface area contributed by atoms with Crippen LogP contribution in [-0.2, 0) is 52.3 Å². The van der Waals surface area contributed by atoms with E-state index in [1.165, 1.54) is 7.11 Å². The van der Waals surface area contributed by atoms with Gasteiger partial charge in [-0.15, -0.1) is 0 Å². The third kappa shape index (κ3) is 9.38. The lowest BCUT2D eigenvalue weighted by Gasteiger charge is -2.49. The normalized spacial score (nSPS) is 47.1. The molecule has 0 spiro atoms. The van der Waals surface area contributed by atoms with Crippen LogP contribution in [0.5, 0.6) is 0 Å². The van der Waals surface area contributed by atoms with Gasteiger partial charge < -0.3 is 58.7 Å². The first kappa shape index (κ1) is 46.3. The molecule has 322 valence electrons. The molecule has 4 fully saturated rings. The number of hydrogen-bond acceptors (Lipinski definition) is 15. The van der Waals surface area contributed by atoms with Crippen LogP contribution in [0.15, 0.2) is 0 Å². The van der Waals surface area contributed by atoms with Crippen molar-refractivity contribution in [3.8, 4) is 0 Å². The van der Waals surface area contributed by atoms with E-state index >= 15 is 0 Å². The number of aliphatic hydroxyl groups excluding tert-OH is 2. The molecule has 0 aromatic rings. The summed E-state index contributed by atoms with van der Waals surface area (Å²) in [6.45, 7) is 17.2. The lowest BCUT2D eigenvalue weighted by molar-refractivity contribution is -0.317.